The van der Waals surface area contributed by atoms with E-state index >= 15 is 0 Å². The average molecular weight is 402 g/mol. The summed E-state index contributed by atoms with van der Waals surface area (Å²) in [6, 6.07) is 5.81. The molecule has 1 aromatic carbocycles. The number of carboxylic acid groups (broad SMARTS) is 1. The topological polar surface area (TPSA) is 104 Å². The Hall–Kier alpha value is -2.54. The highest BCUT2D eigenvalue weighted by molar-refractivity contribution is 6.34. The van der Waals surface area contributed by atoms with Crippen LogP contribution in [0.15, 0.2) is 24.4 Å². The molecular formula is C20H24ClN5O2. The van der Waals surface area contributed by atoms with Crippen LogP contribution in [-0.4, -0.2) is 39.8 Å². The summed E-state index contributed by atoms with van der Waals surface area (Å²) < 4.78 is 0. The highest BCUT2D eigenvalue weighted by Gasteiger charge is 2.48. The van der Waals surface area contributed by atoms with Gasteiger partial charge >= 0.3 is 6.09 Å². The van der Waals surface area contributed by atoms with E-state index < -0.39 is 6.09 Å². The molecule has 2 aromatic rings. The lowest BCUT2D eigenvalue weighted by Crippen LogP contribution is -2.44. The number of aryl methyl sites for hydroxylation is 1. The molecule has 1 aromatic heterocycles. The van der Waals surface area contributed by atoms with Crippen LogP contribution in [0.5, 0.6) is 0 Å². The SMILES string of the molecule is Cc1cccc(-c2cnc(N3C[C@@H]4C[C@](C)(NC(=O)O)C[C@@H]4C3)nc2N)c1Cl. The number of hydrogen-bond donors (Lipinski definition) is 3. The molecule has 2 fully saturated rings. The number of rotatable bonds is 3. The molecule has 0 radical (unpaired) electrons. The molecule has 148 valence electrons. The Morgan fingerprint density at radius 2 is 2.00 bits per heavy atom. The minimum Gasteiger partial charge on any atom is -0.465 e. The van der Waals surface area contributed by atoms with Crippen molar-refractivity contribution < 1.29 is 9.90 Å². The van der Waals surface area contributed by atoms with Gasteiger partial charge in [-0.1, -0.05) is 29.8 Å². The minimum absolute atomic E-state index is 0.348. The highest BCUT2D eigenvalue weighted by Crippen LogP contribution is 2.44. The van der Waals surface area contributed by atoms with Crippen LogP contribution < -0.4 is 16.0 Å². The van der Waals surface area contributed by atoms with Gasteiger partial charge in [-0.25, -0.2) is 9.78 Å². The third-order valence-corrected chi connectivity index (χ3v) is 6.48. The lowest BCUT2D eigenvalue weighted by Gasteiger charge is -2.27. The third-order valence-electron chi connectivity index (χ3n) is 5.98. The first-order chi connectivity index (χ1) is 13.3. The fraction of sp³-hybridized carbons (Fsp3) is 0.450. The van der Waals surface area contributed by atoms with Crippen LogP contribution in [0, 0.1) is 18.8 Å². The van der Waals surface area contributed by atoms with E-state index in [-0.39, 0.29) is 5.54 Å². The molecule has 2 aliphatic rings. The molecule has 0 spiro atoms. The first-order valence-electron chi connectivity index (χ1n) is 9.40. The summed E-state index contributed by atoms with van der Waals surface area (Å²) in [6.45, 7) is 5.56. The number of amides is 1. The van der Waals surface area contributed by atoms with Crippen molar-refractivity contribution in [3.8, 4) is 11.1 Å². The van der Waals surface area contributed by atoms with Gasteiger partial charge in [-0.2, -0.15) is 4.98 Å². The van der Waals surface area contributed by atoms with E-state index in [1.807, 2.05) is 32.0 Å². The number of nitrogens with zero attached hydrogens (tertiary/aromatic N) is 3. The normalized spacial score (nSPS) is 26.3. The fourth-order valence-electron chi connectivity index (χ4n) is 4.77. The Kier molecular flexibility index (Phi) is 4.57. The van der Waals surface area contributed by atoms with Gasteiger partial charge in [0.2, 0.25) is 5.95 Å². The maximum absolute atomic E-state index is 11.0. The lowest BCUT2D eigenvalue weighted by molar-refractivity contribution is 0.179. The van der Waals surface area contributed by atoms with E-state index in [2.05, 4.69) is 20.2 Å². The van der Waals surface area contributed by atoms with E-state index in [4.69, 9.17) is 22.4 Å². The van der Waals surface area contributed by atoms with Gasteiger partial charge in [0.05, 0.1) is 5.02 Å². The summed E-state index contributed by atoms with van der Waals surface area (Å²) in [6.07, 6.45) is 2.43. The van der Waals surface area contributed by atoms with Crippen molar-refractivity contribution in [2.24, 2.45) is 11.8 Å². The Labute approximate surface area is 168 Å². The number of anilines is 2. The average Bonchev–Trinajstić information content (AvgIpc) is 3.11. The second-order valence-electron chi connectivity index (χ2n) is 8.23. The molecule has 1 aliphatic heterocycles. The zero-order chi connectivity index (χ0) is 20.1. The number of aromatic nitrogens is 2. The highest BCUT2D eigenvalue weighted by atomic mass is 35.5. The Morgan fingerprint density at radius 3 is 2.61 bits per heavy atom. The predicted octanol–water partition coefficient (Wildman–Crippen LogP) is 3.56. The summed E-state index contributed by atoms with van der Waals surface area (Å²) >= 11 is 6.42. The Bertz CT molecular complexity index is 921. The van der Waals surface area contributed by atoms with Gasteiger partial charge < -0.3 is 21.1 Å². The quantitative estimate of drug-likeness (QED) is 0.726. The first kappa shape index (κ1) is 18.8. The molecule has 1 aliphatic carbocycles. The molecule has 7 nitrogen and oxygen atoms in total. The van der Waals surface area contributed by atoms with Gasteiger partial charge in [-0.05, 0) is 44.1 Å². The lowest BCUT2D eigenvalue weighted by atomic mass is 9.98. The summed E-state index contributed by atoms with van der Waals surface area (Å²) in [5, 5.41) is 12.4. The summed E-state index contributed by atoms with van der Waals surface area (Å²) in [4.78, 5) is 22.3. The number of fused-ring (bicyclic) bond motifs is 1. The predicted molar refractivity (Wildman–Crippen MR) is 110 cm³/mol. The van der Waals surface area contributed by atoms with Crippen LogP contribution in [-0.2, 0) is 0 Å². The van der Waals surface area contributed by atoms with Gasteiger partial charge in [-0.3, -0.25) is 0 Å². The van der Waals surface area contributed by atoms with Gasteiger partial charge in [0.25, 0.3) is 0 Å². The molecule has 2 heterocycles. The van der Waals surface area contributed by atoms with Gasteiger partial charge in [0, 0.05) is 36.0 Å². The van der Waals surface area contributed by atoms with Crippen molar-refractivity contribution >= 4 is 29.5 Å². The van der Waals surface area contributed by atoms with Crippen LogP contribution >= 0.6 is 11.6 Å². The monoisotopic (exact) mass is 401 g/mol. The van der Waals surface area contributed by atoms with Crippen molar-refractivity contribution in [2.45, 2.75) is 32.2 Å². The van der Waals surface area contributed by atoms with Gasteiger partial charge in [0.15, 0.2) is 0 Å². The van der Waals surface area contributed by atoms with Crippen LogP contribution in [0.3, 0.4) is 0 Å². The molecule has 1 saturated heterocycles. The van der Waals surface area contributed by atoms with E-state index in [1.54, 1.807) is 6.20 Å². The van der Waals surface area contributed by atoms with E-state index in [0.29, 0.717) is 28.6 Å². The van der Waals surface area contributed by atoms with Crippen LogP contribution in [0.1, 0.15) is 25.3 Å². The zero-order valence-electron chi connectivity index (χ0n) is 15.9. The van der Waals surface area contributed by atoms with Gasteiger partial charge in [-0.15, -0.1) is 0 Å². The number of nitrogens with one attached hydrogen (secondary N) is 1. The largest absolute Gasteiger partial charge is 0.465 e. The van der Waals surface area contributed by atoms with E-state index in [0.717, 1.165) is 42.6 Å². The van der Waals surface area contributed by atoms with Crippen molar-refractivity contribution in [3.05, 3.63) is 35.0 Å². The number of carbonyl (C=O) groups is 1. The second kappa shape index (κ2) is 6.81. The number of hydrogen-bond acceptors (Lipinski definition) is 5. The molecule has 4 N–H and O–H groups in total. The first-order valence-corrected chi connectivity index (χ1v) is 9.77. The van der Waals surface area contributed by atoms with Crippen LogP contribution in [0.4, 0.5) is 16.6 Å². The standard InChI is InChI=1S/C20H24ClN5O2/c1-11-4-3-5-14(16(11)21)15-8-23-18(24-17(15)22)26-9-12-6-20(2,25-19(27)28)7-13(12)10-26/h3-5,8,12-13,25H,6-7,9-10H2,1-2H3,(H,27,28)(H2,22,23,24)/t12-,13+,20-. The number of benzene rings is 1. The maximum Gasteiger partial charge on any atom is 0.405 e. The molecule has 8 heteroatoms. The van der Waals surface area contributed by atoms with E-state index in [9.17, 15) is 4.79 Å². The number of nitrogens with two attached hydrogens (primary N) is 1. The molecule has 4 rings (SSSR count). The van der Waals surface area contributed by atoms with Crippen LogP contribution in [0.2, 0.25) is 5.02 Å². The summed E-state index contributed by atoms with van der Waals surface area (Å²) in [5.74, 6) is 1.87. The molecule has 1 amide bonds. The molecule has 0 unspecified atom stereocenters. The van der Waals surface area contributed by atoms with Crippen molar-refractivity contribution in [1.29, 1.82) is 0 Å². The summed E-state index contributed by atoms with van der Waals surface area (Å²) in [5.41, 5.74) is 8.44. The summed E-state index contributed by atoms with van der Waals surface area (Å²) in [7, 11) is 0. The van der Waals surface area contributed by atoms with Crippen molar-refractivity contribution in [2.75, 3.05) is 23.7 Å². The fourth-order valence-corrected chi connectivity index (χ4v) is 4.99. The smallest absolute Gasteiger partial charge is 0.405 e. The maximum atomic E-state index is 11.0. The number of halogens is 1. The third kappa shape index (κ3) is 3.35. The number of nitrogen functional groups attached to an aromatic ring is 1. The molecule has 1 saturated carbocycles. The Balaban J connectivity index is 1.51. The van der Waals surface area contributed by atoms with Gasteiger partial charge in [0.1, 0.15) is 5.82 Å². The van der Waals surface area contributed by atoms with Crippen molar-refractivity contribution in [1.82, 2.24) is 15.3 Å². The zero-order valence-corrected chi connectivity index (χ0v) is 16.7. The minimum atomic E-state index is -0.958. The molecule has 28 heavy (non-hydrogen) atoms. The Morgan fingerprint density at radius 1 is 1.32 bits per heavy atom. The van der Waals surface area contributed by atoms with Crippen LogP contribution in [0.25, 0.3) is 11.1 Å². The van der Waals surface area contributed by atoms with Crippen molar-refractivity contribution in [3.63, 3.8) is 0 Å². The molecular weight excluding hydrogens is 378 g/mol. The molecule has 3 atom stereocenters. The molecule has 0 bridgehead atoms. The van der Waals surface area contributed by atoms with E-state index in [1.165, 1.54) is 0 Å². The second-order valence-corrected chi connectivity index (χ2v) is 8.61.